The number of carbonyl (C=O) groups excluding carboxylic acids is 1. The molecular formula is C10H14N2O2. The molecule has 1 heterocycles. The highest BCUT2D eigenvalue weighted by Gasteiger charge is 2.30. The van der Waals surface area contributed by atoms with Crippen LogP contribution in [0, 0.1) is 5.92 Å². The Morgan fingerprint density at radius 1 is 1.64 bits per heavy atom. The number of aryl methyl sites for hydroxylation is 1. The van der Waals surface area contributed by atoms with Crippen molar-refractivity contribution in [1.82, 2.24) is 9.78 Å². The summed E-state index contributed by atoms with van der Waals surface area (Å²) >= 11 is 0. The largest absolute Gasteiger partial charge is 0.493 e. The van der Waals surface area contributed by atoms with Gasteiger partial charge in [-0.25, -0.2) is 0 Å². The van der Waals surface area contributed by atoms with Crippen molar-refractivity contribution in [3.8, 4) is 5.75 Å². The summed E-state index contributed by atoms with van der Waals surface area (Å²) in [6, 6.07) is 0. The summed E-state index contributed by atoms with van der Waals surface area (Å²) in [7, 11) is 3.34. The number of methoxy groups -OCH3 is 1. The van der Waals surface area contributed by atoms with Gasteiger partial charge in [-0.2, -0.15) is 5.10 Å². The lowest BCUT2D eigenvalue weighted by molar-refractivity contribution is 0.0842. The lowest BCUT2D eigenvalue weighted by Crippen LogP contribution is -2.24. The monoisotopic (exact) mass is 194 g/mol. The number of ketones is 1. The molecule has 1 aliphatic carbocycles. The van der Waals surface area contributed by atoms with E-state index in [4.69, 9.17) is 4.74 Å². The second-order valence-corrected chi connectivity index (χ2v) is 3.68. The Labute approximate surface area is 82.9 Å². The van der Waals surface area contributed by atoms with Gasteiger partial charge in [0.05, 0.1) is 13.3 Å². The van der Waals surface area contributed by atoms with Crippen molar-refractivity contribution in [3.63, 3.8) is 0 Å². The molecule has 0 aliphatic heterocycles. The smallest absolute Gasteiger partial charge is 0.187 e. The molecule has 4 heteroatoms. The van der Waals surface area contributed by atoms with Crippen molar-refractivity contribution in [3.05, 3.63) is 11.9 Å². The molecule has 1 aromatic rings. The number of rotatable bonds is 3. The van der Waals surface area contributed by atoms with Crippen molar-refractivity contribution in [2.45, 2.75) is 19.3 Å². The van der Waals surface area contributed by atoms with Crippen LogP contribution in [0.3, 0.4) is 0 Å². The first-order valence-electron chi connectivity index (χ1n) is 4.84. The molecule has 1 aromatic heterocycles. The zero-order valence-electron chi connectivity index (χ0n) is 8.49. The summed E-state index contributed by atoms with van der Waals surface area (Å²) in [6.45, 7) is 0. The Morgan fingerprint density at radius 3 is 2.86 bits per heavy atom. The first-order chi connectivity index (χ1) is 6.74. The minimum atomic E-state index is 0.174. The van der Waals surface area contributed by atoms with Gasteiger partial charge in [-0.3, -0.25) is 9.48 Å². The number of hydrogen-bond donors (Lipinski definition) is 0. The lowest BCUT2D eigenvalue weighted by Gasteiger charge is -2.23. The van der Waals surface area contributed by atoms with Gasteiger partial charge >= 0.3 is 0 Å². The summed E-state index contributed by atoms with van der Waals surface area (Å²) in [6.07, 6.45) is 4.77. The normalized spacial score (nSPS) is 16.4. The van der Waals surface area contributed by atoms with E-state index in [0.29, 0.717) is 11.4 Å². The highest BCUT2D eigenvalue weighted by molar-refractivity contribution is 5.99. The zero-order valence-corrected chi connectivity index (χ0v) is 8.49. The maximum absolute atomic E-state index is 11.9. The average Bonchev–Trinajstić information content (AvgIpc) is 2.43. The number of ether oxygens (including phenoxy) is 1. The second kappa shape index (κ2) is 3.44. The summed E-state index contributed by atoms with van der Waals surface area (Å²) in [5, 5.41) is 4.02. The number of aromatic nitrogens is 2. The summed E-state index contributed by atoms with van der Waals surface area (Å²) in [4.78, 5) is 11.9. The molecule has 0 unspecified atom stereocenters. The molecule has 76 valence electrons. The number of carbonyl (C=O) groups is 1. The van der Waals surface area contributed by atoms with E-state index in [1.165, 1.54) is 0 Å². The summed E-state index contributed by atoms with van der Waals surface area (Å²) < 4.78 is 6.70. The van der Waals surface area contributed by atoms with Crippen molar-refractivity contribution in [1.29, 1.82) is 0 Å². The Bertz CT molecular complexity index is 353. The van der Waals surface area contributed by atoms with Gasteiger partial charge < -0.3 is 4.74 Å². The third-order valence-electron chi connectivity index (χ3n) is 2.83. The van der Waals surface area contributed by atoms with Gasteiger partial charge in [-0.15, -0.1) is 0 Å². The van der Waals surface area contributed by atoms with Crippen LogP contribution in [0.2, 0.25) is 0 Å². The molecule has 0 spiro atoms. The Hall–Kier alpha value is -1.32. The first-order valence-corrected chi connectivity index (χ1v) is 4.84. The van der Waals surface area contributed by atoms with Crippen LogP contribution in [-0.4, -0.2) is 22.7 Å². The minimum Gasteiger partial charge on any atom is -0.493 e. The molecule has 14 heavy (non-hydrogen) atoms. The van der Waals surface area contributed by atoms with Gasteiger partial charge in [-0.05, 0) is 12.8 Å². The first kappa shape index (κ1) is 9.24. The molecular weight excluding hydrogens is 180 g/mol. The SMILES string of the molecule is COc1cnn(C)c1C(=O)C1CCC1. The summed E-state index contributed by atoms with van der Waals surface area (Å²) in [5.74, 6) is 0.955. The molecule has 0 radical (unpaired) electrons. The van der Waals surface area contributed by atoms with E-state index < -0.39 is 0 Å². The van der Waals surface area contributed by atoms with Gasteiger partial charge in [0, 0.05) is 13.0 Å². The molecule has 2 rings (SSSR count). The maximum atomic E-state index is 11.9. The zero-order chi connectivity index (χ0) is 10.1. The van der Waals surface area contributed by atoms with Crippen LogP contribution in [0.25, 0.3) is 0 Å². The fourth-order valence-electron chi connectivity index (χ4n) is 1.71. The van der Waals surface area contributed by atoms with Crippen molar-refractivity contribution < 1.29 is 9.53 Å². The highest BCUT2D eigenvalue weighted by Crippen LogP contribution is 2.32. The van der Waals surface area contributed by atoms with E-state index in [9.17, 15) is 4.79 Å². The van der Waals surface area contributed by atoms with E-state index in [-0.39, 0.29) is 11.7 Å². The van der Waals surface area contributed by atoms with Crippen LogP contribution >= 0.6 is 0 Å². The topological polar surface area (TPSA) is 44.1 Å². The fourth-order valence-corrected chi connectivity index (χ4v) is 1.71. The highest BCUT2D eigenvalue weighted by atomic mass is 16.5. The third kappa shape index (κ3) is 1.31. The quantitative estimate of drug-likeness (QED) is 0.683. The van der Waals surface area contributed by atoms with Gasteiger partial charge in [0.15, 0.2) is 11.5 Å². The van der Waals surface area contributed by atoms with Crippen LogP contribution in [0.5, 0.6) is 5.75 Å². The molecule has 0 N–H and O–H groups in total. The van der Waals surface area contributed by atoms with Crippen LogP contribution in [0.15, 0.2) is 6.20 Å². The van der Waals surface area contributed by atoms with E-state index in [2.05, 4.69) is 5.10 Å². The molecule has 1 fully saturated rings. The van der Waals surface area contributed by atoms with E-state index in [1.54, 1.807) is 25.0 Å². The predicted octanol–water partition coefficient (Wildman–Crippen LogP) is 1.41. The van der Waals surface area contributed by atoms with Gasteiger partial charge in [0.2, 0.25) is 0 Å². The van der Waals surface area contributed by atoms with Crippen molar-refractivity contribution in [2.24, 2.45) is 13.0 Å². The molecule has 0 bridgehead atoms. The van der Waals surface area contributed by atoms with Crippen LogP contribution < -0.4 is 4.74 Å². The molecule has 1 aliphatic rings. The number of nitrogens with zero attached hydrogens (tertiary/aromatic N) is 2. The van der Waals surface area contributed by atoms with Crippen molar-refractivity contribution in [2.75, 3.05) is 7.11 Å². The average molecular weight is 194 g/mol. The van der Waals surface area contributed by atoms with Crippen LogP contribution in [0.4, 0.5) is 0 Å². The molecule has 1 saturated carbocycles. The lowest BCUT2D eigenvalue weighted by atomic mass is 9.81. The Morgan fingerprint density at radius 2 is 2.36 bits per heavy atom. The Kier molecular flexibility index (Phi) is 2.27. The van der Waals surface area contributed by atoms with Crippen molar-refractivity contribution >= 4 is 5.78 Å². The molecule has 0 aromatic carbocycles. The predicted molar refractivity (Wildman–Crippen MR) is 51.4 cm³/mol. The van der Waals surface area contributed by atoms with E-state index in [0.717, 1.165) is 19.3 Å². The van der Waals surface area contributed by atoms with E-state index >= 15 is 0 Å². The minimum absolute atomic E-state index is 0.174. The van der Waals surface area contributed by atoms with Gasteiger partial charge in [0.1, 0.15) is 5.69 Å². The molecule has 0 saturated heterocycles. The fraction of sp³-hybridized carbons (Fsp3) is 0.600. The van der Waals surface area contributed by atoms with Crippen LogP contribution in [0.1, 0.15) is 29.8 Å². The third-order valence-corrected chi connectivity index (χ3v) is 2.83. The number of hydrogen-bond acceptors (Lipinski definition) is 3. The van der Waals surface area contributed by atoms with Crippen LogP contribution in [-0.2, 0) is 7.05 Å². The molecule has 0 atom stereocenters. The maximum Gasteiger partial charge on any atom is 0.187 e. The second-order valence-electron chi connectivity index (χ2n) is 3.68. The number of Topliss-reactive ketones (excluding diaryl/α,β-unsaturated/α-hetero) is 1. The standard InChI is InChI=1S/C10H14N2O2/c1-12-9(8(14-2)6-11-12)10(13)7-4-3-5-7/h6-7H,3-5H2,1-2H3. The molecule has 0 amide bonds. The summed E-state index contributed by atoms with van der Waals surface area (Å²) in [5.41, 5.74) is 0.609. The molecule has 4 nitrogen and oxygen atoms in total. The Balaban J connectivity index is 2.28. The van der Waals surface area contributed by atoms with Gasteiger partial charge in [0.25, 0.3) is 0 Å². The van der Waals surface area contributed by atoms with E-state index in [1.807, 2.05) is 0 Å². The van der Waals surface area contributed by atoms with Gasteiger partial charge in [-0.1, -0.05) is 6.42 Å².